The van der Waals surface area contributed by atoms with Gasteiger partial charge in [0.2, 0.25) is 0 Å². The lowest BCUT2D eigenvalue weighted by Crippen LogP contribution is -2.32. The predicted molar refractivity (Wildman–Crippen MR) is 75.3 cm³/mol. The molecule has 2 N–H and O–H groups in total. The maximum atomic E-state index is 13.5. The number of aliphatic hydroxyl groups excluding tert-OH is 1. The molecule has 1 aromatic carbocycles. The van der Waals surface area contributed by atoms with Crippen LogP contribution in [-0.2, 0) is 0 Å². The van der Waals surface area contributed by atoms with Gasteiger partial charge in [0.15, 0.2) is 0 Å². The van der Waals surface area contributed by atoms with Crippen LogP contribution < -0.4 is 5.32 Å². The van der Waals surface area contributed by atoms with Crippen molar-refractivity contribution in [1.29, 1.82) is 0 Å². The van der Waals surface area contributed by atoms with Gasteiger partial charge in [-0.3, -0.25) is 0 Å². The molecule has 0 amide bonds. The van der Waals surface area contributed by atoms with Gasteiger partial charge in [0.1, 0.15) is 5.82 Å². The number of rotatable bonds is 2. The van der Waals surface area contributed by atoms with Gasteiger partial charge in [-0.25, -0.2) is 4.39 Å². The summed E-state index contributed by atoms with van der Waals surface area (Å²) in [5, 5.41) is 13.4. The first kappa shape index (κ1) is 13.8. The molecule has 18 heavy (non-hydrogen) atoms. The van der Waals surface area contributed by atoms with E-state index in [2.05, 4.69) is 21.2 Å². The quantitative estimate of drug-likeness (QED) is 0.808. The van der Waals surface area contributed by atoms with Gasteiger partial charge in [-0.1, -0.05) is 19.3 Å². The smallest absolute Gasteiger partial charge is 0.139 e. The normalized spacial score (nSPS) is 24.7. The van der Waals surface area contributed by atoms with Crippen molar-refractivity contribution in [1.82, 2.24) is 0 Å². The second kappa shape index (κ2) is 6.02. The number of anilines is 1. The van der Waals surface area contributed by atoms with Gasteiger partial charge in [0, 0.05) is 5.69 Å². The molecular formula is C14H19BrFNO. The number of hydrogen-bond donors (Lipinski definition) is 2. The molecule has 0 spiro atoms. The first-order valence-electron chi connectivity index (χ1n) is 6.48. The van der Waals surface area contributed by atoms with E-state index < -0.39 is 0 Å². The van der Waals surface area contributed by atoms with Crippen LogP contribution in [0.4, 0.5) is 10.1 Å². The summed E-state index contributed by atoms with van der Waals surface area (Å²) >= 11 is 3.18. The van der Waals surface area contributed by atoms with Gasteiger partial charge in [0.25, 0.3) is 0 Å². The molecule has 0 saturated heterocycles. The summed E-state index contributed by atoms with van der Waals surface area (Å²) in [6.45, 7) is 1.94. The highest BCUT2D eigenvalue weighted by atomic mass is 79.9. The highest BCUT2D eigenvalue weighted by molar-refractivity contribution is 9.10. The SMILES string of the molecule is Cc1cc(Br)c(F)cc1NC1CCCCCC1O. The summed E-state index contributed by atoms with van der Waals surface area (Å²) in [5.41, 5.74) is 1.77. The number of hydrogen-bond acceptors (Lipinski definition) is 2. The van der Waals surface area contributed by atoms with Crippen LogP contribution >= 0.6 is 15.9 Å². The van der Waals surface area contributed by atoms with Crippen molar-refractivity contribution in [3.8, 4) is 0 Å². The van der Waals surface area contributed by atoms with Crippen LogP contribution in [0, 0.1) is 12.7 Å². The number of aliphatic hydroxyl groups is 1. The van der Waals surface area contributed by atoms with Crippen molar-refractivity contribution in [2.45, 2.75) is 51.2 Å². The van der Waals surface area contributed by atoms with Crippen LogP contribution in [0.2, 0.25) is 0 Å². The van der Waals surface area contributed by atoms with E-state index in [1.54, 1.807) is 6.07 Å². The molecule has 1 aromatic rings. The fraction of sp³-hybridized carbons (Fsp3) is 0.571. The molecule has 4 heteroatoms. The molecule has 0 bridgehead atoms. The Labute approximate surface area is 116 Å². The fourth-order valence-corrected chi connectivity index (χ4v) is 2.92. The van der Waals surface area contributed by atoms with Crippen LogP contribution in [0.3, 0.4) is 0 Å². The molecule has 1 fully saturated rings. The maximum Gasteiger partial charge on any atom is 0.139 e. The minimum Gasteiger partial charge on any atom is -0.391 e. The molecule has 2 rings (SSSR count). The Morgan fingerprint density at radius 3 is 2.78 bits per heavy atom. The highest BCUT2D eigenvalue weighted by Crippen LogP contribution is 2.27. The van der Waals surface area contributed by atoms with Gasteiger partial charge in [0.05, 0.1) is 16.6 Å². The summed E-state index contributed by atoms with van der Waals surface area (Å²) in [7, 11) is 0. The summed E-state index contributed by atoms with van der Waals surface area (Å²) in [4.78, 5) is 0. The molecule has 1 aliphatic rings. The highest BCUT2D eigenvalue weighted by Gasteiger charge is 2.22. The van der Waals surface area contributed by atoms with Crippen molar-refractivity contribution in [3.05, 3.63) is 28.0 Å². The van der Waals surface area contributed by atoms with Crippen molar-refractivity contribution in [3.63, 3.8) is 0 Å². The van der Waals surface area contributed by atoms with E-state index in [1.165, 1.54) is 12.5 Å². The number of halogens is 2. The molecular weight excluding hydrogens is 297 g/mol. The van der Waals surface area contributed by atoms with E-state index in [0.717, 1.165) is 36.9 Å². The molecule has 0 heterocycles. The topological polar surface area (TPSA) is 32.3 Å². The van der Waals surface area contributed by atoms with E-state index in [9.17, 15) is 9.50 Å². The molecule has 1 saturated carbocycles. The monoisotopic (exact) mass is 315 g/mol. The first-order chi connectivity index (χ1) is 8.58. The van der Waals surface area contributed by atoms with Gasteiger partial charge in [-0.2, -0.15) is 0 Å². The third-order valence-corrected chi connectivity index (χ3v) is 4.20. The summed E-state index contributed by atoms with van der Waals surface area (Å²) in [6, 6.07) is 3.30. The predicted octanol–water partition coefficient (Wildman–Crippen LogP) is 4.00. The van der Waals surface area contributed by atoms with Gasteiger partial charge >= 0.3 is 0 Å². The zero-order valence-electron chi connectivity index (χ0n) is 10.5. The second-order valence-corrected chi connectivity index (χ2v) is 5.89. The summed E-state index contributed by atoms with van der Waals surface area (Å²) < 4.78 is 14.0. The van der Waals surface area contributed by atoms with E-state index in [0.29, 0.717) is 4.47 Å². The fourth-order valence-electron chi connectivity index (χ4n) is 2.46. The van der Waals surface area contributed by atoms with E-state index >= 15 is 0 Å². The Bertz CT molecular complexity index is 425. The van der Waals surface area contributed by atoms with Crippen LogP contribution in [0.15, 0.2) is 16.6 Å². The number of nitrogens with one attached hydrogen (secondary N) is 1. The Balaban J connectivity index is 2.14. The molecule has 0 radical (unpaired) electrons. The minimum absolute atomic E-state index is 0.0341. The summed E-state index contributed by atoms with van der Waals surface area (Å²) in [6.07, 6.45) is 4.80. The zero-order chi connectivity index (χ0) is 13.1. The molecule has 2 nitrogen and oxygen atoms in total. The van der Waals surface area contributed by atoms with Crippen LogP contribution in [0.1, 0.15) is 37.7 Å². The third-order valence-electron chi connectivity index (χ3n) is 3.59. The standard InChI is InChI=1S/C14H19BrFNO/c1-9-7-10(15)11(16)8-13(9)17-12-5-3-2-4-6-14(12)18/h7-8,12,14,17-18H,2-6H2,1H3. The van der Waals surface area contributed by atoms with Gasteiger partial charge in [-0.05, 0) is 53.4 Å². The Morgan fingerprint density at radius 1 is 1.28 bits per heavy atom. The third kappa shape index (κ3) is 3.23. The van der Waals surface area contributed by atoms with Gasteiger partial charge < -0.3 is 10.4 Å². The lowest BCUT2D eigenvalue weighted by molar-refractivity contribution is 0.144. The van der Waals surface area contributed by atoms with E-state index in [-0.39, 0.29) is 18.0 Å². The molecule has 100 valence electrons. The Kier molecular flexibility index (Phi) is 4.62. The Morgan fingerprint density at radius 2 is 2.00 bits per heavy atom. The van der Waals surface area contributed by atoms with Crippen molar-refractivity contribution >= 4 is 21.6 Å². The summed E-state index contributed by atoms with van der Waals surface area (Å²) in [5.74, 6) is -0.272. The number of aryl methyl sites for hydroxylation is 1. The molecule has 0 aromatic heterocycles. The largest absolute Gasteiger partial charge is 0.391 e. The maximum absolute atomic E-state index is 13.5. The number of benzene rings is 1. The van der Waals surface area contributed by atoms with E-state index in [1.807, 2.05) is 6.92 Å². The van der Waals surface area contributed by atoms with Crippen LogP contribution in [-0.4, -0.2) is 17.3 Å². The van der Waals surface area contributed by atoms with E-state index in [4.69, 9.17) is 0 Å². The molecule has 2 unspecified atom stereocenters. The average Bonchev–Trinajstić information content (AvgIpc) is 2.52. The van der Waals surface area contributed by atoms with Crippen molar-refractivity contribution in [2.75, 3.05) is 5.32 Å². The molecule has 2 atom stereocenters. The lowest BCUT2D eigenvalue weighted by Gasteiger charge is -2.24. The molecule has 1 aliphatic carbocycles. The first-order valence-corrected chi connectivity index (χ1v) is 7.27. The average molecular weight is 316 g/mol. The second-order valence-electron chi connectivity index (χ2n) is 5.04. The zero-order valence-corrected chi connectivity index (χ0v) is 12.1. The Hall–Kier alpha value is -0.610. The van der Waals surface area contributed by atoms with Gasteiger partial charge in [-0.15, -0.1) is 0 Å². The molecule has 0 aliphatic heterocycles. The van der Waals surface area contributed by atoms with Crippen molar-refractivity contribution in [2.24, 2.45) is 0 Å². The van der Waals surface area contributed by atoms with Crippen LogP contribution in [0.25, 0.3) is 0 Å². The lowest BCUT2D eigenvalue weighted by atomic mass is 10.0. The van der Waals surface area contributed by atoms with Crippen LogP contribution in [0.5, 0.6) is 0 Å². The minimum atomic E-state index is -0.335. The van der Waals surface area contributed by atoms with Crippen molar-refractivity contribution < 1.29 is 9.50 Å².